The molecule has 146 valence electrons. The van der Waals surface area contributed by atoms with Crippen molar-refractivity contribution in [2.24, 2.45) is 10.9 Å². The van der Waals surface area contributed by atoms with Crippen LogP contribution in [0.1, 0.15) is 48.0 Å². The Bertz CT molecular complexity index is 879. The summed E-state index contributed by atoms with van der Waals surface area (Å²) in [5.74, 6) is -2.04. The highest BCUT2D eigenvalue weighted by Gasteiger charge is 2.43. The molecule has 0 N–H and O–H groups in total. The number of Topliss-reactive ketones (excluding diaryl/α,β-unsaturated/α-hetero) is 1. The van der Waals surface area contributed by atoms with Crippen molar-refractivity contribution in [2.45, 2.75) is 32.1 Å². The number of rotatable bonds is 5. The van der Waals surface area contributed by atoms with E-state index in [0.29, 0.717) is 29.7 Å². The largest absolute Gasteiger partial charge is 0.465 e. The van der Waals surface area contributed by atoms with Crippen LogP contribution in [-0.2, 0) is 19.1 Å². The maximum atomic E-state index is 12.8. The van der Waals surface area contributed by atoms with Gasteiger partial charge in [0.2, 0.25) is 0 Å². The minimum atomic E-state index is -0.690. The van der Waals surface area contributed by atoms with Crippen LogP contribution in [-0.4, -0.2) is 37.2 Å². The number of allylic oxidation sites excluding steroid dienone is 2. The first-order valence-electron chi connectivity index (χ1n) is 9.25. The molecule has 6 nitrogen and oxygen atoms in total. The normalized spacial score (nSPS) is 21.5. The topological polar surface area (TPSA) is 82.0 Å². The Morgan fingerprint density at radius 2 is 1.96 bits per heavy atom. The zero-order valence-corrected chi connectivity index (χ0v) is 16.1. The highest BCUT2D eigenvalue weighted by Crippen LogP contribution is 2.43. The Balaban J connectivity index is 2.07. The summed E-state index contributed by atoms with van der Waals surface area (Å²) in [6.45, 7) is 5.46. The molecule has 0 bridgehead atoms. The average Bonchev–Trinajstić information content (AvgIpc) is 2.70. The number of ketones is 1. The zero-order chi connectivity index (χ0) is 20.3. The van der Waals surface area contributed by atoms with Crippen LogP contribution < -0.4 is 0 Å². The Labute approximate surface area is 163 Å². The minimum Gasteiger partial charge on any atom is -0.465 e. The number of nitrogens with zero attached hydrogens (tertiary/aromatic N) is 1. The van der Waals surface area contributed by atoms with Crippen LogP contribution in [0.3, 0.4) is 0 Å². The molecule has 1 aliphatic heterocycles. The number of methoxy groups -OCH3 is 1. The first kappa shape index (κ1) is 19.7. The molecule has 0 amide bonds. The summed E-state index contributed by atoms with van der Waals surface area (Å²) in [5.41, 5.74) is 3.14. The van der Waals surface area contributed by atoms with Crippen LogP contribution in [0.4, 0.5) is 0 Å². The third kappa shape index (κ3) is 3.67. The van der Waals surface area contributed by atoms with E-state index in [1.54, 1.807) is 31.2 Å². The van der Waals surface area contributed by atoms with Gasteiger partial charge in [0.25, 0.3) is 0 Å². The fraction of sp³-hybridized carbons (Fsp3) is 0.364. The van der Waals surface area contributed by atoms with E-state index in [9.17, 15) is 14.4 Å². The first-order chi connectivity index (χ1) is 13.5. The van der Waals surface area contributed by atoms with E-state index in [-0.39, 0.29) is 12.4 Å². The number of carbonyl (C=O) groups excluding carboxylic acids is 3. The quantitative estimate of drug-likeness (QED) is 0.577. The molecule has 1 aromatic rings. The van der Waals surface area contributed by atoms with Crippen molar-refractivity contribution >= 4 is 23.4 Å². The third-order valence-electron chi connectivity index (χ3n) is 5.12. The summed E-state index contributed by atoms with van der Waals surface area (Å²) in [7, 11) is 1.32. The van der Waals surface area contributed by atoms with Gasteiger partial charge in [-0.2, -0.15) is 0 Å². The highest BCUT2D eigenvalue weighted by atomic mass is 16.5. The van der Waals surface area contributed by atoms with Crippen molar-refractivity contribution in [3.8, 4) is 0 Å². The number of hydrogen-bond donors (Lipinski definition) is 0. The molecule has 0 radical (unpaired) electrons. The summed E-state index contributed by atoms with van der Waals surface area (Å²) < 4.78 is 10.0. The summed E-state index contributed by atoms with van der Waals surface area (Å²) in [5, 5.41) is 0. The van der Waals surface area contributed by atoms with Crippen molar-refractivity contribution in [3.63, 3.8) is 0 Å². The van der Waals surface area contributed by atoms with Gasteiger partial charge >= 0.3 is 11.9 Å². The lowest BCUT2D eigenvalue weighted by Gasteiger charge is -2.34. The molecule has 1 heterocycles. The van der Waals surface area contributed by atoms with Gasteiger partial charge in [-0.05, 0) is 37.5 Å². The molecule has 3 rings (SSSR count). The Morgan fingerprint density at radius 3 is 2.61 bits per heavy atom. The van der Waals surface area contributed by atoms with Gasteiger partial charge < -0.3 is 9.47 Å². The molecule has 0 spiro atoms. The molecular formula is C22H23NO5. The van der Waals surface area contributed by atoms with Crippen molar-refractivity contribution in [3.05, 3.63) is 59.3 Å². The molecule has 0 fully saturated rings. The number of hydrogen-bond acceptors (Lipinski definition) is 6. The molecular weight excluding hydrogens is 358 g/mol. The predicted molar refractivity (Wildman–Crippen MR) is 104 cm³/mol. The van der Waals surface area contributed by atoms with Crippen LogP contribution >= 0.6 is 0 Å². The second-order valence-electron chi connectivity index (χ2n) is 6.88. The number of benzene rings is 1. The lowest BCUT2D eigenvalue weighted by atomic mass is 9.71. The van der Waals surface area contributed by atoms with Gasteiger partial charge in [0.1, 0.15) is 12.5 Å². The van der Waals surface area contributed by atoms with Gasteiger partial charge in [-0.15, -0.1) is 0 Å². The van der Waals surface area contributed by atoms with Gasteiger partial charge in [-0.3, -0.25) is 14.6 Å². The van der Waals surface area contributed by atoms with Gasteiger partial charge in [0.05, 0.1) is 12.7 Å². The minimum absolute atomic E-state index is 0.0149. The number of esters is 2. The maximum Gasteiger partial charge on any atom is 0.337 e. The first-order valence-corrected chi connectivity index (χ1v) is 9.25. The van der Waals surface area contributed by atoms with Crippen molar-refractivity contribution in [2.75, 3.05) is 13.7 Å². The highest BCUT2D eigenvalue weighted by molar-refractivity contribution is 6.08. The molecule has 1 unspecified atom stereocenters. The molecule has 0 saturated heterocycles. The Hall–Kier alpha value is -3.02. The number of aliphatic imine (C=N–C) groups is 1. The molecule has 0 aromatic heterocycles. The number of ether oxygens (including phenoxy) is 2. The second kappa shape index (κ2) is 8.33. The van der Waals surface area contributed by atoms with Gasteiger partial charge in [-0.25, -0.2) is 4.79 Å². The van der Waals surface area contributed by atoms with Crippen molar-refractivity contribution in [1.29, 1.82) is 0 Å². The molecule has 0 saturated carbocycles. The zero-order valence-electron chi connectivity index (χ0n) is 16.1. The van der Waals surface area contributed by atoms with E-state index in [1.807, 2.05) is 0 Å². The standard InChI is InChI=1S/C22H23NO5/c1-4-12-28-22(26)18-13(2)23-16-6-5-7-17(24)20(16)19(18)14-8-10-15(11-9-14)21(25)27-3/h4,8-11,18-19H,1,5-7,12H2,2-3H3/t18?,19-/m0/s1. The van der Waals surface area contributed by atoms with Crippen LogP contribution in [0.15, 0.2) is 53.2 Å². The lowest BCUT2D eigenvalue weighted by Crippen LogP contribution is -2.37. The van der Waals surface area contributed by atoms with E-state index >= 15 is 0 Å². The van der Waals surface area contributed by atoms with E-state index in [1.165, 1.54) is 13.2 Å². The Morgan fingerprint density at radius 1 is 1.25 bits per heavy atom. The Kier molecular flexibility index (Phi) is 5.87. The van der Waals surface area contributed by atoms with Gasteiger partial charge in [0.15, 0.2) is 5.78 Å². The van der Waals surface area contributed by atoms with E-state index in [2.05, 4.69) is 11.6 Å². The average molecular weight is 381 g/mol. The molecule has 28 heavy (non-hydrogen) atoms. The summed E-state index contributed by atoms with van der Waals surface area (Å²) in [6.07, 6.45) is 3.42. The fourth-order valence-corrected chi connectivity index (χ4v) is 3.85. The van der Waals surface area contributed by atoms with E-state index in [4.69, 9.17) is 9.47 Å². The maximum absolute atomic E-state index is 12.8. The molecule has 2 aliphatic rings. The third-order valence-corrected chi connectivity index (χ3v) is 5.12. The van der Waals surface area contributed by atoms with Crippen LogP contribution in [0.25, 0.3) is 0 Å². The van der Waals surface area contributed by atoms with Crippen LogP contribution in [0.2, 0.25) is 0 Å². The monoisotopic (exact) mass is 381 g/mol. The van der Waals surface area contributed by atoms with Gasteiger partial charge in [0, 0.05) is 29.3 Å². The van der Waals surface area contributed by atoms with Gasteiger partial charge in [-0.1, -0.05) is 24.8 Å². The molecule has 6 heteroatoms. The van der Waals surface area contributed by atoms with Crippen LogP contribution in [0, 0.1) is 5.92 Å². The number of carbonyl (C=O) groups is 3. The predicted octanol–water partition coefficient (Wildman–Crippen LogP) is 3.38. The van der Waals surface area contributed by atoms with Crippen molar-refractivity contribution in [1.82, 2.24) is 0 Å². The summed E-state index contributed by atoms with van der Waals surface area (Å²) in [4.78, 5) is 41.9. The fourth-order valence-electron chi connectivity index (χ4n) is 3.85. The summed E-state index contributed by atoms with van der Waals surface area (Å²) >= 11 is 0. The van der Waals surface area contributed by atoms with Crippen molar-refractivity contribution < 1.29 is 23.9 Å². The van der Waals surface area contributed by atoms with E-state index in [0.717, 1.165) is 17.7 Å². The smallest absolute Gasteiger partial charge is 0.337 e. The molecule has 1 aliphatic carbocycles. The van der Waals surface area contributed by atoms with E-state index < -0.39 is 23.8 Å². The second-order valence-corrected chi connectivity index (χ2v) is 6.88. The SMILES string of the molecule is C=CCOC(=O)C1C(C)=NC2=C(C(=O)CCC2)[C@H]1c1ccc(C(=O)OC)cc1. The lowest BCUT2D eigenvalue weighted by molar-refractivity contribution is -0.145. The summed E-state index contributed by atoms with van der Waals surface area (Å²) in [6, 6.07) is 6.80. The molecule has 2 atom stereocenters. The van der Waals surface area contributed by atoms with Crippen LogP contribution in [0.5, 0.6) is 0 Å². The molecule has 1 aromatic carbocycles.